The molecule has 2 rings (SSSR count). The standard InChI is InChI=1S/C9H9ClN2OS/c1-2-5-3-6-8(13)11-7(4-10)12-9(6)14-5/h3,5H,2,4H2,1H3/t5-/m0/s1. The monoisotopic (exact) mass is 228 g/mol. The Morgan fingerprint density at radius 2 is 2.36 bits per heavy atom. The van der Waals surface area contributed by atoms with E-state index in [2.05, 4.69) is 16.9 Å². The largest absolute Gasteiger partial charge is 0.281 e. The molecular formula is C9H9ClN2OS. The van der Waals surface area contributed by atoms with E-state index in [1.807, 2.05) is 6.08 Å². The van der Waals surface area contributed by atoms with Crippen molar-refractivity contribution in [3.63, 3.8) is 0 Å². The zero-order chi connectivity index (χ0) is 10.1. The molecule has 3 nitrogen and oxygen atoms in total. The van der Waals surface area contributed by atoms with E-state index in [-0.39, 0.29) is 11.8 Å². The van der Waals surface area contributed by atoms with E-state index in [1.54, 1.807) is 11.8 Å². The topological polar surface area (TPSA) is 41.8 Å². The number of nitrogens with zero attached hydrogens (tertiary/aromatic N) is 2. The van der Waals surface area contributed by atoms with Crippen molar-refractivity contribution in [3.8, 4) is 0 Å². The lowest BCUT2D eigenvalue weighted by Crippen LogP contribution is -2.16. The maximum atomic E-state index is 11.5. The van der Waals surface area contributed by atoms with Crippen LogP contribution in [0.3, 0.4) is 0 Å². The fourth-order valence-corrected chi connectivity index (χ4v) is 2.55. The van der Waals surface area contributed by atoms with Crippen molar-refractivity contribution in [2.75, 3.05) is 5.88 Å². The van der Waals surface area contributed by atoms with E-state index in [4.69, 9.17) is 11.6 Å². The Bertz CT molecular complexity index is 373. The third-order valence-corrected chi connectivity index (χ3v) is 3.61. The Balaban J connectivity index is 2.32. The highest BCUT2D eigenvalue weighted by Gasteiger charge is 2.29. The van der Waals surface area contributed by atoms with Gasteiger partial charge in [-0.25, -0.2) is 4.99 Å². The Kier molecular flexibility index (Phi) is 2.74. The number of amidine groups is 1. The van der Waals surface area contributed by atoms with Crippen LogP contribution in [-0.2, 0) is 4.79 Å². The first-order valence-electron chi connectivity index (χ1n) is 4.40. The predicted molar refractivity (Wildman–Crippen MR) is 60.4 cm³/mol. The normalized spacial score (nSPS) is 25.4. The first kappa shape index (κ1) is 9.93. The van der Waals surface area contributed by atoms with E-state index in [9.17, 15) is 4.79 Å². The maximum absolute atomic E-state index is 11.5. The summed E-state index contributed by atoms with van der Waals surface area (Å²) < 4.78 is 0. The van der Waals surface area contributed by atoms with E-state index >= 15 is 0 Å². The van der Waals surface area contributed by atoms with Gasteiger partial charge in [-0.2, -0.15) is 4.99 Å². The second-order valence-corrected chi connectivity index (χ2v) is 4.52. The number of aliphatic imine (C=N–C) groups is 2. The van der Waals surface area contributed by atoms with Gasteiger partial charge in [-0.3, -0.25) is 4.79 Å². The van der Waals surface area contributed by atoms with Crippen LogP contribution in [0, 0.1) is 0 Å². The molecule has 0 aliphatic carbocycles. The minimum Gasteiger partial charge on any atom is -0.267 e. The SMILES string of the molecule is CC[C@H]1C=C2C(=O)N=C(CCl)N=C2S1. The van der Waals surface area contributed by atoms with Crippen LogP contribution < -0.4 is 0 Å². The summed E-state index contributed by atoms with van der Waals surface area (Å²) in [5.41, 5.74) is 0.649. The summed E-state index contributed by atoms with van der Waals surface area (Å²) in [6.45, 7) is 2.08. The molecule has 0 spiro atoms. The lowest BCUT2D eigenvalue weighted by Gasteiger charge is -2.07. The van der Waals surface area contributed by atoms with Crippen molar-refractivity contribution in [2.45, 2.75) is 18.6 Å². The van der Waals surface area contributed by atoms with Gasteiger partial charge in [-0.05, 0) is 6.42 Å². The maximum Gasteiger partial charge on any atom is 0.281 e. The van der Waals surface area contributed by atoms with Crippen LogP contribution in [0.5, 0.6) is 0 Å². The molecule has 0 bridgehead atoms. The van der Waals surface area contributed by atoms with Crippen LogP contribution >= 0.6 is 23.4 Å². The molecule has 74 valence electrons. The van der Waals surface area contributed by atoms with Gasteiger partial charge in [0.25, 0.3) is 5.91 Å². The van der Waals surface area contributed by atoms with Gasteiger partial charge in [0.1, 0.15) is 10.9 Å². The predicted octanol–water partition coefficient (Wildman–Crippen LogP) is 2.01. The molecule has 0 saturated heterocycles. The molecular weight excluding hydrogens is 220 g/mol. The fourth-order valence-electron chi connectivity index (χ4n) is 1.33. The number of fused-ring (bicyclic) bond motifs is 1. The molecule has 0 saturated carbocycles. The second kappa shape index (κ2) is 3.87. The van der Waals surface area contributed by atoms with Gasteiger partial charge in [0.15, 0.2) is 0 Å². The number of alkyl halides is 1. The van der Waals surface area contributed by atoms with Gasteiger partial charge in [-0.15, -0.1) is 11.6 Å². The average molecular weight is 229 g/mol. The number of rotatable bonds is 2. The lowest BCUT2D eigenvalue weighted by atomic mass is 10.2. The number of hydrogen-bond acceptors (Lipinski definition) is 3. The molecule has 2 aliphatic rings. The van der Waals surface area contributed by atoms with E-state index in [0.29, 0.717) is 16.7 Å². The molecule has 5 heteroatoms. The fraction of sp³-hybridized carbons (Fsp3) is 0.444. The molecule has 14 heavy (non-hydrogen) atoms. The van der Waals surface area contributed by atoms with Crippen LogP contribution in [0.1, 0.15) is 13.3 Å². The van der Waals surface area contributed by atoms with Crippen LogP contribution in [0.4, 0.5) is 0 Å². The Morgan fingerprint density at radius 1 is 1.57 bits per heavy atom. The van der Waals surface area contributed by atoms with Gasteiger partial charge >= 0.3 is 0 Å². The summed E-state index contributed by atoms with van der Waals surface area (Å²) >= 11 is 7.20. The van der Waals surface area contributed by atoms with Crippen molar-refractivity contribution in [2.24, 2.45) is 9.98 Å². The lowest BCUT2D eigenvalue weighted by molar-refractivity contribution is -0.113. The average Bonchev–Trinajstić information content (AvgIpc) is 2.61. The van der Waals surface area contributed by atoms with Crippen LogP contribution in [-0.4, -0.2) is 27.9 Å². The molecule has 2 aliphatic heterocycles. The minimum absolute atomic E-state index is 0.194. The molecule has 0 aromatic rings. The quantitative estimate of drug-likeness (QED) is 0.679. The number of thioether (sulfide) groups is 1. The highest BCUT2D eigenvalue weighted by Crippen LogP contribution is 2.32. The van der Waals surface area contributed by atoms with Gasteiger partial charge < -0.3 is 0 Å². The third-order valence-electron chi connectivity index (χ3n) is 2.06. The highest BCUT2D eigenvalue weighted by atomic mass is 35.5. The Hall–Kier alpha value is -0.610. The summed E-state index contributed by atoms with van der Waals surface area (Å²) in [5, 5.41) is 1.14. The first-order valence-corrected chi connectivity index (χ1v) is 5.81. The summed E-state index contributed by atoms with van der Waals surface area (Å²) in [6.07, 6.45) is 2.94. The van der Waals surface area contributed by atoms with Crippen molar-refractivity contribution < 1.29 is 4.79 Å². The molecule has 0 aromatic carbocycles. The van der Waals surface area contributed by atoms with Crippen molar-refractivity contribution >= 4 is 40.1 Å². The van der Waals surface area contributed by atoms with E-state index in [1.165, 1.54) is 0 Å². The number of halogens is 1. The van der Waals surface area contributed by atoms with Gasteiger partial charge in [0.05, 0.1) is 11.5 Å². The minimum atomic E-state index is -0.200. The summed E-state index contributed by atoms with van der Waals surface area (Å²) in [7, 11) is 0. The van der Waals surface area contributed by atoms with Crippen LogP contribution in [0.2, 0.25) is 0 Å². The van der Waals surface area contributed by atoms with Crippen molar-refractivity contribution in [1.82, 2.24) is 0 Å². The summed E-state index contributed by atoms with van der Waals surface area (Å²) in [6, 6.07) is 0. The van der Waals surface area contributed by atoms with Gasteiger partial charge in [-0.1, -0.05) is 24.8 Å². The number of amides is 1. The van der Waals surface area contributed by atoms with E-state index in [0.717, 1.165) is 11.5 Å². The van der Waals surface area contributed by atoms with Gasteiger partial charge in [0, 0.05) is 5.25 Å². The molecule has 0 radical (unpaired) electrons. The molecule has 1 atom stereocenters. The number of carbonyl (C=O) groups is 1. The number of carbonyl (C=O) groups excluding carboxylic acids is 1. The third kappa shape index (κ3) is 1.64. The van der Waals surface area contributed by atoms with Crippen LogP contribution in [0.25, 0.3) is 0 Å². The van der Waals surface area contributed by atoms with Crippen molar-refractivity contribution in [3.05, 3.63) is 11.6 Å². The first-order chi connectivity index (χ1) is 6.74. The number of hydrogen-bond donors (Lipinski definition) is 0. The smallest absolute Gasteiger partial charge is 0.267 e. The molecule has 0 unspecified atom stereocenters. The highest BCUT2D eigenvalue weighted by molar-refractivity contribution is 8.15. The molecule has 0 fully saturated rings. The van der Waals surface area contributed by atoms with Gasteiger partial charge in [0.2, 0.25) is 0 Å². The molecule has 0 N–H and O–H groups in total. The van der Waals surface area contributed by atoms with Crippen LogP contribution in [0.15, 0.2) is 21.6 Å². The zero-order valence-corrected chi connectivity index (χ0v) is 9.23. The summed E-state index contributed by atoms with van der Waals surface area (Å²) in [5.74, 6) is 0.419. The second-order valence-electron chi connectivity index (χ2n) is 3.03. The zero-order valence-electron chi connectivity index (χ0n) is 7.66. The Morgan fingerprint density at radius 3 is 3.00 bits per heavy atom. The van der Waals surface area contributed by atoms with E-state index < -0.39 is 0 Å². The Labute approximate surface area is 91.3 Å². The summed E-state index contributed by atoms with van der Waals surface area (Å²) in [4.78, 5) is 19.5. The molecule has 0 aromatic heterocycles. The molecule has 1 amide bonds. The molecule has 2 heterocycles. The van der Waals surface area contributed by atoms with Crippen molar-refractivity contribution in [1.29, 1.82) is 0 Å².